The first-order valence-electron chi connectivity index (χ1n) is 4.76. The molecular formula is C10H9NO2S2. The van der Waals surface area contributed by atoms with E-state index in [1.165, 1.54) is 25.8 Å². The number of amides is 1. The molecule has 1 fully saturated rings. The first-order valence-corrected chi connectivity index (χ1v) is 6.46. The lowest BCUT2D eigenvalue weighted by Crippen LogP contribution is -2.25. The van der Waals surface area contributed by atoms with Crippen molar-refractivity contribution in [2.24, 2.45) is 0 Å². The molecule has 0 unspecified atom stereocenters. The van der Waals surface area contributed by atoms with Gasteiger partial charge < -0.3 is 0 Å². The molecule has 2 aromatic heterocycles. The first-order chi connectivity index (χ1) is 7.34. The zero-order valence-electron chi connectivity index (χ0n) is 7.93. The standard InChI is InChI=1S/C10H9NO2S2/c12-10(11-3-1-4-13-11)9-6-8-7(15-9)2-5-14-8/h2,5-6H,1,3-4H2. The molecule has 5 heteroatoms. The van der Waals surface area contributed by atoms with Crippen LogP contribution in [0.3, 0.4) is 0 Å². The summed E-state index contributed by atoms with van der Waals surface area (Å²) in [7, 11) is 0. The van der Waals surface area contributed by atoms with Gasteiger partial charge in [-0.1, -0.05) is 0 Å². The maximum atomic E-state index is 11.9. The third-order valence-corrected chi connectivity index (χ3v) is 4.41. The van der Waals surface area contributed by atoms with Gasteiger partial charge in [-0.2, -0.15) is 0 Å². The molecule has 0 bridgehead atoms. The van der Waals surface area contributed by atoms with Gasteiger partial charge in [0.25, 0.3) is 5.91 Å². The van der Waals surface area contributed by atoms with Crippen LogP contribution in [0.5, 0.6) is 0 Å². The molecule has 3 nitrogen and oxygen atoms in total. The van der Waals surface area contributed by atoms with E-state index in [1.54, 1.807) is 11.3 Å². The molecule has 3 rings (SSSR count). The zero-order valence-corrected chi connectivity index (χ0v) is 9.57. The van der Waals surface area contributed by atoms with Crippen molar-refractivity contribution >= 4 is 38.0 Å². The third-order valence-electron chi connectivity index (χ3n) is 2.33. The molecule has 0 aliphatic carbocycles. The Morgan fingerprint density at radius 2 is 2.40 bits per heavy atom. The molecule has 2 aromatic rings. The number of carbonyl (C=O) groups is 1. The predicted molar refractivity (Wildman–Crippen MR) is 61.3 cm³/mol. The summed E-state index contributed by atoms with van der Waals surface area (Å²) < 4.78 is 2.37. The van der Waals surface area contributed by atoms with E-state index in [4.69, 9.17) is 4.84 Å². The monoisotopic (exact) mass is 239 g/mol. The molecular weight excluding hydrogens is 230 g/mol. The molecule has 78 valence electrons. The molecule has 1 aliphatic rings. The zero-order chi connectivity index (χ0) is 10.3. The highest BCUT2D eigenvalue weighted by Crippen LogP contribution is 2.31. The molecule has 1 amide bonds. The van der Waals surface area contributed by atoms with Crippen LogP contribution in [-0.2, 0) is 4.84 Å². The summed E-state index contributed by atoms with van der Waals surface area (Å²) in [4.78, 5) is 17.9. The van der Waals surface area contributed by atoms with Gasteiger partial charge in [0.1, 0.15) is 0 Å². The maximum Gasteiger partial charge on any atom is 0.287 e. The average molecular weight is 239 g/mol. The fourth-order valence-electron chi connectivity index (χ4n) is 1.60. The smallest absolute Gasteiger partial charge is 0.271 e. The van der Waals surface area contributed by atoms with Crippen molar-refractivity contribution < 1.29 is 9.63 Å². The molecule has 3 heterocycles. The molecule has 0 radical (unpaired) electrons. The highest BCUT2D eigenvalue weighted by molar-refractivity contribution is 7.27. The summed E-state index contributed by atoms with van der Waals surface area (Å²) in [5.74, 6) is 0.000833. The minimum atomic E-state index is 0.000833. The number of carbonyl (C=O) groups excluding carboxylic acids is 1. The van der Waals surface area contributed by atoms with E-state index in [9.17, 15) is 4.79 Å². The van der Waals surface area contributed by atoms with E-state index in [0.717, 1.165) is 11.3 Å². The van der Waals surface area contributed by atoms with E-state index in [0.29, 0.717) is 13.2 Å². The van der Waals surface area contributed by atoms with E-state index in [2.05, 4.69) is 0 Å². The second-order valence-corrected chi connectivity index (χ2v) is 5.39. The molecule has 0 N–H and O–H groups in total. The Bertz CT molecular complexity index is 468. The summed E-state index contributed by atoms with van der Waals surface area (Å²) in [6.07, 6.45) is 0.936. The Labute approximate surface area is 94.8 Å². The minimum Gasteiger partial charge on any atom is -0.271 e. The summed E-state index contributed by atoms with van der Waals surface area (Å²) in [5.41, 5.74) is 0. The van der Waals surface area contributed by atoms with Crippen molar-refractivity contribution in [2.75, 3.05) is 13.2 Å². The highest BCUT2D eigenvalue weighted by atomic mass is 32.1. The average Bonchev–Trinajstić information content (AvgIpc) is 2.92. The number of rotatable bonds is 1. The van der Waals surface area contributed by atoms with Crippen LogP contribution in [-0.4, -0.2) is 24.1 Å². The number of nitrogens with zero attached hydrogens (tertiary/aromatic N) is 1. The lowest BCUT2D eigenvalue weighted by Gasteiger charge is -2.11. The fraction of sp³-hybridized carbons (Fsp3) is 0.300. The van der Waals surface area contributed by atoms with Crippen molar-refractivity contribution in [1.29, 1.82) is 0 Å². The molecule has 0 aromatic carbocycles. The van der Waals surface area contributed by atoms with Crippen molar-refractivity contribution in [3.8, 4) is 0 Å². The van der Waals surface area contributed by atoms with Crippen LogP contribution < -0.4 is 0 Å². The largest absolute Gasteiger partial charge is 0.287 e. The van der Waals surface area contributed by atoms with Crippen LogP contribution in [0.15, 0.2) is 17.5 Å². The number of hydrogen-bond donors (Lipinski definition) is 0. The van der Waals surface area contributed by atoms with E-state index in [1.807, 2.05) is 17.5 Å². The second-order valence-electron chi connectivity index (χ2n) is 3.35. The second kappa shape index (κ2) is 3.59. The Hall–Kier alpha value is -0.910. The number of hydroxylamine groups is 2. The van der Waals surface area contributed by atoms with Crippen molar-refractivity contribution in [1.82, 2.24) is 5.06 Å². The SMILES string of the molecule is O=C(c1cc2sccc2s1)N1CCCO1. The predicted octanol–water partition coefficient (Wildman–Crippen LogP) is 2.74. The van der Waals surface area contributed by atoms with Crippen LogP contribution in [0.25, 0.3) is 9.40 Å². The molecule has 0 saturated carbocycles. The molecule has 0 spiro atoms. The van der Waals surface area contributed by atoms with Gasteiger partial charge in [0.05, 0.1) is 18.0 Å². The minimum absolute atomic E-state index is 0.000833. The number of hydrogen-bond acceptors (Lipinski definition) is 4. The van der Waals surface area contributed by atoms with E-state index in [-0.39, 0.29) is 5.91 Å². The summed E-state index contributed by atoms with van der Waals surface area (Å²) >= 11 is 3.21. The summed E-state index contributed by atoms with van der Waals surface area (Å²) in [5, 5.41) is 3.51. The third kappa shape index (κ3) is 1.56. The van der Waals surface area contributed by atoms with Gasteiger partial charge in [-0.3, -0.25) is 9.63 Å². The lowest BCUT2D eigenvalue weighted by molar-refractivity contribution is -0.0765. The van der Waals surface area contributed by atoms with Crippen molar-refractivity contribution in [3.63, 3.8) is 0 Å². The van der Waals surface area contributed by atoms with E-state index >= 15 is 0 Å². The van der Waals surface area contributed by atoms with Gasteiger partial charge in [-0.25, -0.2) is 5.06 Å². The Morgan fingerprint density at radius 3 is 3.13 bits per heavy atom. The first kappa shape index (κ1) is 9.33. The van der Waals surface area contributed by atoms with Gasteiger partial charge in [0, 0.05) is 9.40 Å². The normalized spacial score (nSPS) is 16.4. The van der Waals surface area contributed by atoms with Gasteiger partial charge in [0.2, 0.25) is 0 Å². The van der Waals surface area contributed by atoms with Crippen LogP contribution in [0.4, 0.5) is 0 Å². The van der Waals surface area contributed by atoms with Gasteiger partial charge >= 0.3 is 0 Å². The van der Waals surface area contributed by atoms with Crippen LogP contribution >= 0.6 is 22.7 Å². The van der Waals surface area contributed by atoms with Crippen LogP contribution in [0.1, 0.15) is 16.1 Å². The Kier molecular flexibility index (Phi) is 2.23. The molecule has 1 aliphatic heterocycles. The lowest BCUT2D eigenvalue weighted by atomic mass is 10.4. The van der Waals surface area contributed by atoms with E-state index < -0.39 is 0 Å². The summed E-state index contributed by atoms with van der Waals surface area (Å²) in [6, 6.07) is 4.00. The van der Waals surface area contributed by atoms with Gasteiger partial charge in [0.15, 0.2) is 0 Å². The van der Waals surface area contributed by atoms with Crippen molar-refractivity contribution in [3.05, 3.63) is 22.4 Å². The number of fused-ring (bicyclic) bond motifs is 1. The summed E-state index contributed by atoms with van der Waals surface area (Å²) in [6.45, 7) is 1.37. The van der Waals surface area contributed by atoms with Gasteiger partial charge in [-0.05, 0) is 23.9 Å². The molecule has 15 heavy (non-hydrogen) atoms. The Morgan fingerprint density at radius 1 is 1.47 bits per heavy atom. The maximum absolute atomic E-state index is 11.9. The quantitative estimate of drug-likeness (QED) is 0.765. The Balaban J connectivity index is 1.92. The van der Waals surface area contributed by atoms with Crippen molar-refractivity contribution in [2.45, 2.75) is 6.42 Å². The molecule has 0 atom stereocenters. The van der Waals surface area contributed by atoms with Crippen LogP contribution in [0.2, 0.25) is 0 Å². The van der Waals surface area contributed by atoms with Crippen LogP contribution in [0, 0.1) is 0 Å². The fourth-order valence-corrected chi connectivity index (χ4v) is 3.65. The highest BCUT2D eigenvalue weighted by Gasteiger charge is 2.22. The molecule has 1 saturated heterocycles. The number of thiophene rings is 2. The van der Waals surface area contributed by atoms with Gasteiger partial charge in [-0.15, -0.1) is 22.7 Å². The topological polar surface area (TPSA) is 29.5 Å².